The van der Waals surface area contributed by atoms with Crippen LogP contribution in [0, 0.1) is 12.3 Å². The summed E-state index contributed by atoms with van der Waals surface area (Å²) >= 11 is 0. The number of nitrogens with zero attached hydrogens (tertiary/aromatic N) is 2. The average Bonchev–Trinajstić information content (AvgIpc) is 2.52. The molecule has 0 aromatic carbocycles. The highest BCUT2D eigenvalue weighted by atomic mass is 32.2. The van der Waals surface area contributed by atoms with E-state index in [9.17, 15) is 8.42 Å². The molecule has 0 fully saturated rings. The lowest BCUT2D eigenvalue weighted by Crippen LogP contribution is -2.26. The second kappa shape index (κ2) is 4.26. The molecule has 0 saturated heterocycles. The number of aromatic nitrogens is 2. The summed E-state index contributed by atoms with van der Waals surface area (Å²) in [6.45, 7) is 0.240. The van der Waals surface area contributed by atoms with Crippen molar-refractivity contribution in [1.29, 1.82) is 0 Å². The first-order chi connectivity index (χ1) is 6.58. The van der Waals surface area contributed by atoms with E-state index in [4.69, 9.17) is 6.42 Å². The van der Waals surface area contributed by atoms with Crippen molar-refractivity contribution >= 4 is 10.0 Å². The van der Waals surface area contributed by atoms with Gasteiger partial charge >= 0.3 is 0 Å². The minimum absolute atomic E-state index is 0.134. The normalized spacial score (nSPS) is 11.1. The Morgan fingerprint density at radius 3 is 2.93 bits per heavy atom. The summed E-state index contributed by atoms with van der Waals surface area (Å²) in [4.78, 5) is 0. The molecule has 1 aromatic rings. The number of nitrogens with one attached hydrogen (secondary N) is 1. The summed E-state index contributed by atoms with van der Waals surface area (Å²) in [5, 5.41) is 3.90. The van der Waals surface area contributed by atoms with Gasteiger partial charge in [0.25, 0.3) is 10.0 Å². The van der Waals surface area contributed by atoms with Gasteiger partial charge in [-0.1, -0.05) is 0 Å². The highest BCUT2D eigenvalue weighted by Crippen LogP contribution is 2.05. The Bertz CT molecular complexity index is 441. The Hall–Kier alpha value is -1.32. The van der Waals surface area contributed by atoms with E-state index in [1.807, 2.05) is 0 Å². The van der Waals surface area contributed by atoms with Gasteiger partial charge in [0.15, 0.2) is 5.03 Å². The lowest BCUT2D eigenvalue weighted by Gasteiger charge is -2.04. The van der Waals surface area contributed by atoms with Gasteiger partial charge in [-0.25, -0.2) is 13.1 Å². The van der Waals surface area contributed by atoms with Crippen molar-refractivity contribution in [2.45, 2.75) is 11.4 Å². The van der Waals surface area contributed by atoms with Gasteiger partial charge in [0.1, 0.15) is 0 Å². The fraction of sp³-hybridized carbons (Fsp3) is 0.375. The van der Waals surface area contributed by atoms with E-state index in [2.05, 4.69) is 15.7 Å². The van der Waals surface area contributed by atoms with E-state index in [-0.39, 0.29) is 11.6 Å². The quantitative estimate of drug-likeness (QED) is 0.552. The van der Waals surface area contributed by atoms with Crippen molar-refractivity contribution in [3.05, 3.63) is 12.3 Å². The molecule has 0 unspecified atom stereocenters. The molecule has 0 aliphatic carbocycles. The van der Waals surface area contributed by atoms with E-state index in [1.54, 1.807) is 7.05 Å². The lowest BCUT2D eigenvalue weighted by molar-refractivity contribution is 0.564. The van der Waals surface area contributed by atoms with Crippen LogP contribution in [0.25, 0.3) is 0 Å². The van der Waals surface area contributed by atoms with Crippen LogP contribution in [0.1, 0.15) is 6.42 Å². The third-order valence-electron chi connectivity index (χ3n) is 1.61. The number of aryl methyl sites for hydroxylation is 1. The zero-order valence-electron chi connectivity index (χ0n) is 7.77. The van der Waals surface area contributed by atoms with Crippen LogP contribution in [0.3, 0.4) is 0 Å². The van der Waals surface area contributed by atoms with Gasteiger partial charge in [-0.15, -0.1) is 12.3 Å². The van der Waals surface area contributed by atoms with Crippen molar-refractivity contribution in [2.75, 3.05) is 6.54 Å². The maximum atomic E-state index is 11.5. The number of hydrogen-bond acceptors (Lipinski definition) is 3. The second-order valence-corrected chi connectivity index (χ2v) is 4.36. The largest absolute Gasteiger partial charge is 0.257 e. The fourth-order valence-electron chi connectivity index (χ4n) is 0.957. The summed E-state index contributed by atoms with van der Waals surface area (Å²) in [6.07, 6.45) is 6.80. The highest BCUT2D eigenvalue weighted by Gasteiger charge is 2.16. The topological polar surface area (TPSA) is 64.0 Å². The molecule has 0 aliphatic rings. The molecule has 1 aromatic heterocycles. The number of sulfonamides is 1. The second-order valence-electron chi connectivity index (χ2n) is 2.64. The van der Waals surface area contributed by atoms with Crippen molar-refractivity contribution in [1.82, 2.24) is 14.5 Å². The van der Waals surface area contributed by atoms with Crippen LogP contribution in [0.4, 0.5) is 0 Å². The smallest absolute Gasteiger partial charge is 0.256 e. The summed E-state index contributed by atoms with van der Waals surface area (Å²) in [5.41, 5.74) is 0. The zero-order chi connectivity index (χ0) is 10.6. The third kappa shape index (κ3) is 2.34. The van der Waals surface area contributed by atoms with Crippen LogP contribution >= 0.6 is 0 Å². The third-order valence-corrected chi connectivity index (χ3v) is 3.15. The van der Waals surface area contributed by atoms with Crippen molar-refractivity contribution in [3.63, 3.8) is 0 Å². The van der Waals surface area contributed by atoms with Gasteiger partial charge in [0, 0.05) is 20.0 Å². The van der Waals surface area contributed by atoms with Gasteiger partial charge in [0.2, 0.25) is 0 Å². The summed E-state index contributed by atoms with van der Waals surface area (Å²) in [7, 11) is -1.90. The molecule has 0 spiro atoms. The Kier molecular flexibility index (Phi) is 3.28. The molecule has 1 rings (SSSR count). The molecule has 0 saturated carbocycles. The van der Waals surface area contributed by atoms with E-state index in [0.29, 0.717) is 6.42 Å². The van der Waals surface area contributed by atoms with Crippen LogP contribution in [0.2, 0.25) is 0 Å². The molecule has 76 valence electrons. The van der Waals surface area contributed by atoms with Gasteiger partial charge in [0.05, 0.1) is 6.20 Å². The summed E-state index contributed by atoms with van der Waals surface area (Å²) < 4.78 is 26.8. The van der Waals surface area contributed by atoms with Crippen LogP contribution in [0.15, 0.2) is 17.3 Å². The molecule has 0 radical (unpaired) electrons. The maximum Gasteiger partial charge on any atom is 0.257 e. The Morgan fingerprint density at radius 2 is 2.43 bits per heavy atom. The van der Waals surface area contributed by atoms with Gasteiger partial charge < -0.3 is 0 Å². The molecular formula is C8H11N3O2S. The average molecular weight is 213 g/mol. The van der Waals surface area contributed by atoms with Gasteiger partial charge in [-0.05, 0) is 6.07 Å². The van der Waals surface area contributed by atoms with Crippen LogP contribution < -0.4 is 4.72 Å². The highest BCUT2D eigenvalue weighted by molar-refractivity contribution is 7.89. The lowest BCUT2D eigenvalue weighted by atomic mass is 10.5. The van der Waals surface area contributed by atoms with E-state index in [0.717, 1.165) is 0 Å². The number of rotatable bonds is 4. The van der Waals surface area contributed by atoms with Crippen molar-refractivity contribution in [2.24, 2.45) is 7.05 Å². The van der Waals surface area contributed by atoms with Gasteiger partial charge in [-0.2, -0.15) is 5.10 Å². The molecule has 0 amide bonds. The summed E-state index contributed by atoms with van der Waals surface area (Å²) in [6, 6.07) is 1.43. The zero-order valence-corrected chi connectivity index (χ0v) is 8.58. The minimum atomic E-state index is -3.46. The van der Waals surface area contributed by atoms with Crippen LogP contribution in [-0.4, -0.2) is 24.7 Å². The first kappa shape index (κ1) is 10.8. The van der Waals surface area contributed by atoms with Crippen LogP contribution in [-0.2, 0) is 17.1 Å². The molecule has 1 N–H and O–H groups in total. The van der Waals surface area contributed by atoms with E-state index >= 15 is 0 Å². The first-order valence-corrected chi connectivity index (χ1v) is 5.47. The Morgan fingerprint density at radius 1 is 1.71 bits per heavy atom. The molecule has 14 heavy (non-hydrogen) atoms. The molecule has 0 aliphatic heterocycles. The van der Waals surface area contributed by atoms with E-state index < -0.39 is 10.0 Å². The fourth-order valence-corrected chi connectivity index (χ4v) is 2.11. The molecule has 5 nitrogen and oxygen atoms in total. The Balaban J connectivity index is 2.78. The van der Waals surface area contributed by atoms with Crippen molar-refractivity contribution < 1.29 is 8.42 Å². The molecule has 0 atom stereocenters. The predicted octanol–water partition coefficient (Wildman–Crippen LogP) is -0.278. The van der Waals surface area contributed by atoms with Crippen LogP contribution in [0.5, 0.6) is 0 Å². The number of hydrogen-bond donors (Lipinski definition) is 1. The summed E-state index contributed by atoms with van der Waals surface area (Å²) in [5.74, 6) is 2.35. The molecule has 1 heterocycles. The van der Waals surface area contributed by atoms with E-state index in [1.165, 1.54) is 16.9 Å². The van der Waals surface area contributed by atoms with Crippen molar-refractivity contribution in [3.8, 4) is 12.3 Å². The molecule has 6 heteroatoms. The minimum Gasteiger partial charge on any atom is -0.256 e. The predicted molar refractivity (Wildman–Crippen MR) is 51.8 cm³/mol. The Labute approximate surface area is 83.2 Å². The molecular weight excluding hydrogens is 202 g/mol. The first-order valence-electron chi connectivity index (χ1n) is 3.99. The standard InChI is InChI=1S/C8H11N3O2S/c1-3-4-6-10-14(12,13)8-5-7-9-11(8)2/h1,5,7,10H,4,6H2,2H3. The monoisotopic (exact) mass is 213 g/mol. The molecule has 0 bridgehead atoms. The SMILES string of the molecule is C#CCCNS(=O)(=O)c1ccnn1C. The van der Waals surface area contributed by atoms with Gasteiger partial charge in [-0.3, -0.25) is 4.68 Å². The number of terminal acetylenes is 1. The maximum absolute atomic E-state index is 11.5.